The molecule has 2 aliphatic heterocycles. The van der Waals surface area contributed by atoms with Crippen molar-refractivity contribution in [1.82, 2.24) is 4.90 Å². The highest BCUT2D eigenvalue weighted by atomic mass is 16.5. The quantitative estimate of drug-likeness (QED) is 0.682. The molecule has 2 heteroatoms. The summed E-state index contributed by atoms with van der Waals surface area (Å²) in [5, 5.41) is 0. The molecular weight excluding hydrogens is 198 g/mol. The van der Waals surface area contributed by atoms with Crippen LogP contribution in [0.3, 0.4) is 0 Å². The van der Waals surface area contributed by atoms with Gasteiger partial charge in [-0.05, 0) is 52.6 Å². The predicted octanol–water partition coefficient (Wildman–Crippen LogP) is 2.84. The minimum absolute atomic E-state index is 0.388. The molecule has 0 radical (unpaired) electrons. The SMILES string of the molecule is C=C(C)[C@H]1CC[C@H](C)O[C@@H]1CN1CCCC1. The van der Waals surface area contributed by atoms with E-state index in [0.29, 0.717) is 18.1 Å². The Balaban J connectivity index is 1.93. The zero-order chi connectivity index (χ0) is 11.5. The van der Waals surface area contributed by atoms with Crippen LogP contribution in [0.5, 0.6) is 0 Å². The van der Waals surface area contributed by atoms with Crippen LogP contribution in [0, 0.1) is 5.92 Å². The van der Waals surface area contributed by atoms with Gasteiger partial charge >= 0.3 is 0 Å². The van der Waals surface area contributed by atoms with Gasteiger partial charge in [0.05, 0.1) is 12.2 Å². The fourth-order valence-electron chi connectivity index (χ4n) is 3.02. The van der Waals surface area contributed by atoms with Crippen molar-refractivity contribution in [1.29, 1.82) is 0 Å². The number of likely N-dealkylation sites (tertiary alicyclic amines) is 1. The molecule has 2 saturated heterocycles. The summed E-state index contributed by atoms with van der Waals surface area (Å²) in [7, 11) is 0. The Morgan fingerprint density at radius 2 is 2.00 bits per heavy atom. The van der Waals surface area contributed by atoms with Gasteiger partial charge in [-0.2, -0.15) is 0 Å². The Morgan fingerprint density at radius 3 is 2.62 bits per heavy atom. The average Bonchev–Trinajstić information content (AvgIpc) is 2.70. The van der Waals surface area contributed by atoms with Gasteiger partial charge in [0.15, 0.2) is 0 Å². The van der Waals surface area contributed by atoms with E-state index in [1.165, 1.54) is 44.3 Å². The topological polar surface area (TPSA) is 12.5 Å². The first-order valence-corrected chi connectivity index (χ1v) is 6.70. The highest BCUT2D eigenvalue weighted by Crippen LogP contribution is 2.30. The van der Waals surface area contributed by atoms with E-state index in [2.05, 4.69) is 25.3 Å². The highest BCUT2D eigenvalue weighted by Gasteiger charge is 2.31. The van der Waals surface area contributed by atoms with Crippen LogP contribution in [0.25, 0.3) is 0 Å². The van der Waals surface area contributed by atoms with Crippen LogP contribution in [-0.2, 0) is 4.74 Å². The molecule has 0 aromatic heterocycles. The van der Waals surface area contributed by atoms with Crippen molar-refractivity contribution in [3.05, 3.63) is 12.2 Å². The van der Waals surface area contributed by atoms with E-state index in [1.54, 1.807) is 0 Å². The Labute approximate surface area is 99.7 Å². The Morgan fingerprint density at radius 1 is 1.31 bits per heavy atom. The molecule has 0 N–H and O–H groups in total. The summed E-state index contributed by atoms with van der Waals surface area (Å²) in [4.78, 5) is 2.55. The number of rotatable bonds is 3. The van der Waals surface area contributed by atoms with Crippen LogP contribution in [0.2, 0.25) is 0 Å². The van der Waals surface area contributed by atoms with Crippen LogP contribution in [0.1, 0.15) is 39.5 Å². The maximum Gasteiger partial charge on any atom is 0.0770 e. The molecule has 0 unspecified atom stereocenters. The Kier molecular flexibility index (Phi) is 4.04. The Bertz CT molecular complexity index is 245. The molecule has 0 bridgehead atoms. The molecule has 0 aliphatic carbocycles. The van der Waals surface area contributed by atoms with Gasteiger partial charge in [0.1, 0.15) is 0 Å². The monoisotopic (exact) mass is 223 g/mol. The molecule has 16 heavy (non-hydrogen) atoms. The van der Waals surface area contributed by atoms with Crippen molar-refractivity contribution in [2.75, 3.05) is 19.6 Å². The molecule has 0 aromatic carbocycles. The van der Waals surface area contributed by atoms with Gasteiger partial charge in [-0.15, -0.1) is 0 Å². The van der Waals surface area contributed by atoms with Crippen LogP contribution in [0.4, 0.5) is 0 Å². The zero-order valence-electron chi connectivity index (χ0n) is 10.7. The summed E-state index contributed by atoms with van der Waals surface area (Å²) in [6.07, 6.45) is 5.99. The number of hydrogen-bond acceptors (Lipinski definition) is 2. The third-order valence-electron chi connectivity index (χ3n) is 4.01. The lowest BCUT2D eigenvalue weighted by atomic mass is 9.86. The predicted molar refractivity (Wildman–Crippen MR) is 67.5 cm³/mol. The minimum atomic E-state index is 0.388. The van der Waals surface area contributed by atoms with Gasteiger partial charge in [-0.3, -0.25) is 0 Å². The van der Waals surface area contributed by atoms with Crippen LogP contribution in [0.15, 0.2) is 12.2 Å². The van der Waals surface area contributed by atoms with Crippen molar-refractivity contribution in [3.8, 4) is 0 Å². The molecule has 0 amide bonds. The zero-order valence-corrected chi connectivity index (χ0v) is 10.7. The smallest absolute Gasteiger partial charge is 0.0770 e. The van der Waals surface area contributed by atoms with E-state index in [1.807, 2.05) is 0 Å². The van der Waals surface area contributed by atoms with Crippen molar-refractivity contribution >= 4 is 0 Å². The van der Waals surface area contributed by atoms with Gasteiger partial charge < -0.3 is 9.64 Å². The molecule has 2 nitrogen and oxygen atoms in total. The molecule has 3 atom stereocenters. The van der Waals surface area contributed by atoms with Crippen molar-refractivity contribution in [2.24, 2.45) is 5.92 Å². The third-order valence-corrected chi connectivity index (χ3v) is 4.01. The summed E-state index contributed by atoms with van der Waals surface area (Å²) in [6.45, 7) is 12.1. The first-order chi connectivity index (χ1) is 7.66. The molecule has 92 valence electrons. The summed E-state index contributed by atoms with van der Waals surface area (Å²) >= 11 is 0. The minimum Gasteiger partial charge on any atom is -0.373 e. The van der Waals surface area contributed by atoms with Crippen LogP contribution >= 0.6 is 0 Å². The lowest BCUT2D eigenvalue weighted by Gasteiger charge is -2.37. The second-order valence-electron chi connectivity index (χ2n) is 5.52. The van der Waals surface area contributed by atoms with Gasteiger partial charge in [-0.1, -0.05) is 12.2 Å². The molecule has 0 saturated carbocycles. The molecule has 2 heterocycles. The van der Waals surface area contributed by atoms with Crippen molar-refractivity contribution < 1.29 is 4.74 Å². The lowest BCUT2D eigenvalue weighted by Crippen LogP contribution is -2.42. The van der Waals surface area contributed by atoms with E-state index in [9.17, 15) is 0 Å². The second-order valence-corrected chi connectivity index (χ2v) is 5.52. The van der Waals surface area contributed by atoms with Gasteiger partial charge in [0.2, 0.25) is 0 Å². The molecule has 0 spiro atoms. The maximum atomic E-state index is 6.12. The number of hydrogen-bond donors (Lipinski definition) is 0. The van der Waals surface area contributed by atoms with Crippen molar-refractivity contribution in [3.63, 3.8) is 0 Å². The number of ether oxygens (including phenoxy) is 1. The van der Waals surface area contributed by atoms with E-state index < -0.39 is 0 Å². The van der Waals surface area contributed by atoms with E-state index >= 15 is 0 Å². The summed E-state index contributed by atoms with van der Waals surface area (Å²) in [5.41, 5.74) is 1.30. The van der Waals surface area contributed by atoms with E-state index in [-0.39, 0.29) is 0 Å². The fraction of sp³-hybridized carbons (Fsp3) is 0.857. The fourth-order valence-corrected chi connectivity index (χ4v) is 3.02. The lowest BCUT2D eigenvalue weighted by molar-refractivity contribution is -0.0757. The first kappa shape index (κ1) is 12.1. The number of nitrogens with zero attached hydrogens (tertiary/aromatic N) is 1. The van der Waals surface area contributed by atoms with Crippen LogP contribution in [-0.4, -0.2) is 36.7 Å². The summed E-state index contributed by atoms with van der Waals surface area (Å²) in [5.74, 6) is 0.580. The average molecular weight is 223 g/mol. The van der Waals surface area contributed by atoms with Gasteiger partial charge in [-0.25, -0.2) is 0 Å². The van der Waals surface area contributed by atoms with Crippen molar-refractivity contribution in [2.45, 2.75) is 51.7 Å². The molecule has 2 rings (SSSR count). The second kappa shape index (κ2) is 5.33. The molecule has 2 fully saturated rings. The highest BCUT2D eigenvalue weighted by molar-refractivity contribution is 5.02. The normalized spacial score (nSPS) is 36.5. The van der Waals surface area contributed by atoms with Gasteiger partial charge in [0, 0.05) is 12.5 Å². The Hall–Kier alpha value is -0.340. The molecule has 2 aliphatic rings. The first-order valence-electron chi connectivity index (χ1n) is 6.70. The molecule has 0 aromatic rings. The maximum absolute atomic E-state index is 6.12. The third kappa shape index (κ3) is 2.86. The summed E-state index contributed by atoms with van der Waals surface area (Å²) < 4.78 is 6.12. The van der Waals surface area contributed by atoms with Gasteiger partial charge in [0.25, 0.3) is 0 Å². The van der Waals surface area contributed by atoms with E-state index in [4.69, 9.17) is 4.74 Å². The van der Waals surface area contributed by atoms with Crippen LogP contribution < -0.4 is 0 Å². The summed E-state index contributed by atoms with van der Waals surface area (Å²) in [6, 6.07) is 0. The molecular formula is C14H25NO. The standard InChI is InChI=1S/C14H25NO/c1-11(2)13-7-6-12(3)16-14(13)10-15-8-4-5-9-15/h12-14H,1,4-10H2,2-3H3/t12-,13+,14+/m0/s1. The van der Waals surface area contributed by atoms with E-state index in [0.717, 1.165) is 6.54 Å². The largest absolute Gasteiger partial charge is 0.373 e.